The zero-order valence-electron chi connectivity index (χ0n) is 9.44. The second-order valence-corrected chi connectivity index (χ2v) is 4.46. The summed E-state index contributed by atoms with van der Waals surface area (Å²) in [5, 5.41) is 12.3. The van der Waals surface area contributed by atoms with Crippen molar-refractivity contribution in [3.05, 3.63) is 24.0 Å². The van der Waals surface area contributed by atoms with Crippen molar-refractivity contribution in [2.45, 2.75) is 38.3 Å². The average Bonchev–Trinajstić information content (AvgIpc) is 2.75. The highest BCUT2D eigenvalue weighted by Crippen LogP contribution is 2.31. The Kier molecular flexibility index (Phi) is 3.29. The number of aliphatic hydroxyl groups is 1. The van der Waals surface area contributed by atoms with Crippen LogP contribution < -0.4 is 5.32 Å². The normalized spacial score (nSPS) is 25.9. The van der Waals surface area contributed by atoms with Gasteiger partial charge in [-0.15, -0.1) is 0 Å². The summed E-state index contributed by atoms with van der Waals surface area (Å²) in [6.07, 6.45) is 4.10. The first kappa shape index (κ1) is 11.2. The molecule has 4 nitrogen and oxygen atoms in total. The molecular formula is C12H18N2O2. The summed E-state index contributed by atoms with van der Waals surface area (Å²) in [4.78, 5) is 14.7. The van der Waals surface area contributed by atoms with Gasteiger partial charge in [-0.1, -0.05) is 6.92 Å². The Bertz CT molecular complexity index is 342. The third kappa shape index (κ3) is 2.27. The molecule has 2 rings (SSSR count). The minimum absolute atomic E-state index is 0.0572. The average molecular weight is 222 g/mol. The first-order valence-corrected chi connectivity index (χ1v) is 5.83. The molecule has 1 amide bonds. The molecule has 0 unspecified atom stereocenters. The van der Waals surface area contributed by atoms with Gasteiger partial charge in [0, 0.05) is 12.2 Å². The highest BCUT2D eigenvalue weighted by Gasteiger charge is 2.33. The van der Waals surface area contributed by atoms with Crippen molar-refractivity contribution in [3.8, 4) is 0 Å². The smallest absolute Gasteiger partial charge is 0.267 e. The molecule has 0 aromatic carbocycles. The van der Waals surface area contributed by atoms with Gasteiger partial charge in [0.15, 0.2) is 0 Å². The Labute approximate surface area is 95.1 Å². The lowest BCUT2D eigenvalue weighted by atomic mass is 9.76. The van der Waals surface area contributed by atoms with Crippen LogP contribution in [0, 0.1) is 5.92 Å². The van der Waals surface area contributed by atoms with Crippen molar-refractivity contribution in [3.63, 3.8) is 0 Å². The SMILES string of the molecule is CC[C@H](NC(=O)c1ccc[nH]1)C1CC(O)C1. The predicted molar refractivity (Wildman–Crippen MR) is 61.1 cm³/mol. The zero-order chi connectivity index (χ0) is 11.5. The van der Waals surface area contributed by atoms with E-state index in [0.29, 0.717) is 11.6 Å². The summed E-state index contributed by atoms with van der Waals surface area (Å²) in [6.45, 7) is 2.06. The van der Waals surface area contributed by atoms with Gasteiger partial charge in [0.25, 0.3) is 5.91 Å². The summed E-state index contributed by atoms with van der Waals surface area (Å²) in [5.74, 6) is 0.372. The number of carbonyl (C=O) groups excluding carboxylic acids is 1. The molecule has 16 heavy (non-hydrogen) atoms. The van der Waals surface area contributed by atoms with Gasteiger partial charge in [0.1, 0.15) is 5.69 Å². The van der Waals surface area contributed by atoms with Crippen LogP contribution >= 0.6 is 0 Å². The van der Waals surface area contributed by atoms with Crippen LogP contribution in [0.3, 0.4) is 0 Å². The summed E-state index contributed by atoms with van der Waals surface area (Å²) in [7, 11) is 0. The van der Waals surface area contributed by atoms with E-state index < -0.39 is 0 Å². The number of aromatic amines is 1. The fourth-order valence-corrected chi connectivity index (χ4v) is 2.23. The molecule has 1 saturated carbocycles. The van der Waals surface area contributed by atoms with E-state index in [-0.39, 0.29) is 18.1 Å². The van der Waals surface area contributed by atoms with Crippen molar-refractivity contribution in [1.82, 2.24) is 10.3 Å². The van der Waals surface area contributed by atoms with Crippen molar-refractivity contribution in [2.75, 3.05) is 0 Å². The molecule has 1 heterocycles. The van der Waals surface area contributed by atoms with Gasteiger partial charge in [-0.25, -0.2) is 0 Å². The molecule has 0 radical (unpaired) electrons. The number of rotatable bonds is 4. The highest BCUT2D eigenvalue weighted by atomic mass is 16.3. The topological polar surface area (TPSA) is 65.1 Å². The maximum absolute atomic E-state index is 11.8. The molecule has 1 aromatic heterocycles. The van der Waals surface area contributed by atoms with Gasteiger partial charge in [0.05, 0.1) is 6.10 Å². The van der Waals surface area contributed by atoms with Crippen molar-refractivity contribution in [2.24, 2.45) is 5.92 Å². The third-order valence-corrected chi connectivity index (χ3v) is 3.32. The molecule has 3 N–H and O–H groups in total. The summed E-state index contributed by atoms with van der Waals surface area (Å²) >= 11 is 0. The molecule has 1 fully saturated rings. The van der Waals surface area contributed by atoms with Crippen LogP contribution in [-0.2, 0) is 0 Å². The van der Waals surface area contributed by atoms with Gasteiger partial charge >= 0.3 is 0 Å². The first-order valence-electron chi connectivity index (χ1n) is 5.83. The molecule has 4 heteroatoms. The minimum Gasteiger partial charge on any atom is -0.393 e. The van der Waals surface area contributed by atoms with E-state index >= 15 is 0 Å². The molecule has 1 aromatic rings. The van der Waals surface area contributed by atoms with E-state index in [1.807, 2.05) is 6.07 Å². The van der Waals surface area contributed by atoms with E-state index in [2.05, 4.69) is 17.2 Å². The van der Waals surface area contributed by atoms with Crippen LogP contribution in [0.5, 0.6) is 0 Å². The van der Waals surface area contributed by atoms with E-state index in [1.54, 1.807) is 12.3 Å². The molecule has 1 atom stereocenters. The number of amides is 1. The second-order valence-electron chi connectivity index (χ2n) is 4.46. The number of carbonyl (C=O) groups is 1. The number of aliphatic hydroxyl groups excluding tert-OH is 1. The molecule has 0 aliphatic heterocycles. The molecular weight excluding hydrogens is 204 g/mol. The summed E-state index contributed by atoms with van der Waals surface area (Å²) in [5.41, 5.74) is 0.596. The summed E-state index contributed by atoms with van der Waals surface area (Å²) < 4.78 is 0. The Balaban J connectivity index is 1.89. The van der Waals surface area contributed by atoms with Crippen molar-refractivity contribution >= 4 is 5.91 Å². The molecule has 1 aliphatic carbocycles. The lowest BCUT2D eigenvalue weighted by Gasteiger charge is -2.37. The molecule has 1 aliphatic rings. The van der Waals surface area contributed by atoms with Gasteiger partial charge < -0.3 is 15.4 Å². The Morgan fingerprint density at radius 1 is 1.69 bits per heavy atom. The maximum atomic E-state index is 11.8. The van der Waals surface area contributed by atoms with E-state index in [4.69, 9.17) is 0 Å². The van der Waals surface area contributed by atoms with Gasteiger partial charge in [-0.3, -0.25) is 4.79 Å². The number of hydrogen-bond donors (Lipinski definition) is 3. The van der Waals surface area contributed by atoms with E-state index in [9.17, 15) is 9.90 Å². The third-order valence-electron chi connectivity index (χ3n) is 3.32. The molecule has 0 saturated heterocycles. The Morgan fingerprint density at radius 3 is 2.94 bits per heavy atom. The molecule has 0 bridgehead atoms. The maximum Gasteiger partial charge on any atom is 0.267 e. The minimum atomic E-state index is -0.165. The van der Waals surface area contributed by atoms with Crippen molar-refractivity contribution < 1.29 is 9.90 Å². The second kappa shape index (κ2) is 4.70. The van der Waals surface area contributed by atoms with Crippen LogP contribution in [0.4, 0.5) is 0 Å². The lowest BCUT2D eigenvalue weighted by Crippen LogP contribution is -2.46. The fourth-order valence-electron chi connectivity index (χ4n) is 2.23. The first-order chi connectivity index (χ1) is 7.70. The Hall–Kier alpha value is -1.29. The molecule has 88 valence electrons. The van der Waals surface area contributed by atoms with Crippen LogP contribution in [0.2, 0.25) is 0 Å². The number of aromatic nitrogens is 1. The zero-order valence-corrected chi connectivity index (χ0v) is 9.44. The molecule has 0 spiro atoms. The number of hydrogen-bond acceptors (Lipinski definition) is 2. The van der Waals surface area contributed by atoms with Gasteiger partial charge in [0.2, 0.25) is 0 Å². The largest absolute Gasteiger partial charge is 0.393 e. The monoisotopic (exact) mass is 222 g/mol. The quantitative estimate of drug-likeness (QED) is 0.718. The van der Waals surface area contributed by atoms with Crippen LogP contribution in [-0.4, -0.2) is 28.1 Å². The van der Waals surface area contributed by atoms with Crippen LogP contribution in [0.15, 0.2) is 18.3 Å². The van der Waals surface area contributed by atoms with E-state index in [1.165, 1.54) is 0 Å². The number of H-pyrrole nitrogens is 1. The highest BCUT2D eigenvalue weighted by molar-refractivity contribution is 5.92. The summed E-state index contributed by atoms with van der Waals surface area (Å²) in [6, 6.07) is 3.75. The lowest BCUT2D eigenvalue weighted by molar-refractivity contribution is 0.0232. The van der Waals surface area contributed by atoms with Crippen LogP contribution in [0.25, 0.3) is 0 Å². The van der Waals surface area contributed by atoms with Gasteiger partial charge in [-0.2, -0.15) is 0 Å². The predicted octanol–water partition coefficient (Wildman–Crippen LogP) is 1.29. The van der Waals surface area contributed by atoms with E-state index in [0.717, 1.165) is 19.3 Å². The van der Waals surface area contributed by atoms with Gasteiger partial charge in [-0.05, 0) is 37.3 Å². The number of nitrogens with one attached hydrogen (secondary N) is 2. The standard InChI is InChI=1S/C12H18N2O2/c1-2-10(8-6-9(15)7-8)14-12(16)11-4-3-5-13-11/h3-5,8-10,13,15H,2,6-7H2,1H3,(H,14,16)/t8?,9?,10-/m0/s1. The van der Waals surface area contributed by atoms with Crippen LogP contribution in [0.1, 0.15) is 36.7 Å². The van der Waals surface area contributed by atoms with Crippen molar-refractivity contribution in [1.29, 1.82) is 0 Å². The Morgan fingerprint density at radius 2 is 2.44 bits per heavy atom. The fraction of sp³-hybridized carbons (Fsp3) is 0.583.